The summed E-state index contributed by atoms with van der Waals surface area (Å²) in [5.74, 6) is 0. The third-order valence-corrected chi connectivity index (χ3v) is 10.2. The molecule has 1 aliphatic heterocycles. The molecular formula is C34H29OP. The standard InChI is InChI=1S/C34H29OP/c1-5-14-27(15-6-2)36(35)24(4)33(28-18-10-8-16-25(28)7-3)34-29-19-11-9-17-26(29)22-23-31(34)30-20-12-13-21-32(30)36/h5-23H,1,3H2,2,4H3. The molecule has 0 radical (unpaired) electrons. The predicted octanol–water partition coefficient (Wildman–Crippen LogP) is 9.58. The van der Waals surface area contributed by atoms with Crippen molar-refractivity contribution in [3.8, 4) is 11.1 Å². The van der Waals surface area contributed by atoms with Crippen LogP contribution in [0.25, 0.3) is 33.5 Å². The highest BCUT2D eigenvalue weighted by Gasteiger charge is 2.38. The van der Waals surface area contributed by atoms with Crippen LogP contribution in [-0.2, 0) is 4.57 Å². The molecule has 1 atom stereocenters. The second-order valence-corrected chi connectivity index (χ2v) is 11.8. The molecule has 5 rings (SSSR count). The van der Waals surface area contributed by atoms with E-state index < -0.39 is 7.14 Å². The van der Waals surface area contributed by atoms with Gasteiger partial charge in [0.1, 0.15) is 0 Å². The molecule has 0 aliphatic carbocycles. The van der Waals surface area contributed by atoms with Gasteiger partial charge in [0.05, 0.1) is 0 Å². The van der Waals surface area contributed by atoms with Crippen molar-refractivity contribution >= 4 is 34.9 Å². The van der Waals surface area contributed by atoms with Gasteiger partial charge in [-0.3, -0.25) is 0 Å². The topological polar surface area (TPSA) is 17.1 Å². The van der Waals surface area contributed by atoms with Gasteiger partial charge >= 0.3 is 0 Å². The molecule has 0 fully saturated rings. The normalized spacial score (nSPS) is 17.6. The Morgan fingerprint density at radius 3 is 2.25 bits per heavy atom. The van der Waals surface area contributed by atoms with Crippen LogP contribution >= 0.6 is 7.14 Å². The van der Waals surface area contributed by atoms with Crippen LogP contribution < -0.4 is 5.30 Å². The fourth-order valence-electron chi connectivity index (χ4n) is 5.38. The van der Waals surface area contributed by atoms with Crippen molar-refractivity contribution in [3.63, 3.8) is 0 Å². The molecule has 0 N–H and O–H groups in total. The average Bonchev–Trinajstić information content (AvgIpc) is 3.00. The third kappa shape index (κ3) is 3.60. The van der Waals surface area contributed by atoms with E-state index in [-0.39, 0.29) is 0 Å². The first-order valence-corrected chi connectivity index (χ1v) is 13.9. The summed E-state index contributed by atoms with van der Waals surface area (Å²) in [5, 5.41) is 4.80. The molecular weight excluding hydrogens is 455 g/mol. The van der Waals surface area contributed by atoms with Gasteiger partial charge < -0.3 is 4.57 Å². The summed E-state index contributed by atoms with van der Waals surface area (Å²) in [7, 11) is -3.25. The van der Waals surface area contributed by atoms with Crippen molar-refractivity contribution < 1.29 is 4.57 Å². The first kappa shape index (κ1) is 23.8. The number of hydrogen-bond acceptors (Lipinski definition) is 1. The SMILES string of the molecule is C=CC=C(C=CC)P1(=O)C(C)=C(c2ccccc2C=C)c2c(ccc3ccccc23)-c2ccccc21. The molecule has 0 saturated heterocycles. The molecule has 36 heavy (non-hydrogen) atoms. The zero-order valence-electron chi connectivity index (χ0n) is 20.7. The summed E-state index contributed by atoms with van der Waals surface area (Å²) < 4.78 is 15.6. The van der Waals surface area contributed by atoms with E-state index in [2.05, 4.69) is 67.8 Å². The second-order valence-electron chi connectivity index (χ2n) is 8.91. The number of benzene rings is 4. The summed E-state index contributed by atoms with van der Waals surface area (Å²) in [6, 6.07) is 29.2. The first-order chi connectivity index (χ1) is 17.6. The minimum absolute atomic E-state index is 0.774. The zero-order valence-corrected chi connectivity index (χ0v) is 21.6. The van der Waals surface area contributed by atoms with Crippen LogP contribution in [0.2, 0.25) is 0 Å². The van der Waals surface area contributed by atoms with Crippen LogP contribution in [0.4, 0.5) is 0 Å². The van der Waals surface area contributed by atoms with Gasteiger partial charge in [-0.05, 0) is 58.0 Å². The first-order valence-electron chi connectivity index (χ1n) is 12.2. The van der Waals surface area contributed by atoms with Gasteiger partial charge in [0.25, 0.3) is 0 Å². The van der Waals surface area contributed by atoms with Gasteiger partial charge in [0, 0.05) is 15.9 Å². The van der Waals surface area contributed by atoms with E-state index in [1.54, 1.807) is 6.08 Å². The van der Waals surface area contributed by atoms with Crippen molar-refractivity contribution in [2.75, 3.05) is 0 Å². The Morgan fingerprint density at radius 2 is 1.50 bits per heavy atom. The van der Waals surface area contributed by atoms with E-state index in [1.165, 1.54) is 0 Å². The average molecular weight is 485 g/mol. The molecule has 1 unspecified atom stereocenters. The highest BCUT2D eigenvalue weighted by Crippen LogP contribution is 2.66. The van der Waals surface area contributed by atoms with Gasteiger partial charge in [0.15, 0.2) is 7.14 Å². The largest absolute Gasteiger partial charge is 0.309 e. The van der Waals surface area contributed by atoms with Crippen molar-refractivity contribution in [2.45, 2.75) is 13.8 Å². The Labute approximate surface area is 213 Å². The van der Waals surface area contributed by atoms with Crippen LogP contribution in [0.3, 0.4) is 0 Å². The molecule has 2 heteroatoms. The van der Waals surface area contributed by atoms with Crippen LogP contribution in [0.1, 0.15) is 30.5 Å². The number of allylic oxidation sites excluding steroid dienone is 6. The van der Waals surface area contributed by atoms with Crippen LogP contribution in [0, 0.1) is 0 Å². The molecule has 1 heterocycles. The Balaban J connectivity index is 2.08. The lowest BCUT2D eigenvalue weighted by Crippen LogP contribution is -2.09. The monoisotopic (exact) mass is 484 g/mol. The van der Waals surface area contributed by atoms with Crippen molar-refractivity contribution in [1.29, 1.82) is 0 Å². The quantitative estimate of drug-likeness (QED) is 0.204. The van der Waals surface area contributed by atoms with Gasteiger partial charge in [-0.2, -0.15) is 0 Å². The van der Waals surface area contributed by atoms with Crippen LogP contribution in [0.15, 0.2) is 133 Å². The minimum Gasteiger partial charge on any atom is -0.309 e. The lowest BCUT2D eigenvalue weighted by atomic mass is 9.85. The molecule has 1 aliphatic rings. The molecule has 0 saturated carbocycles. The van der Waals surface area contributed by atoms with E-state index in [0.717, 1.165) is 60.1 Å². The molecule has 4 aromatic rings. The Bertz CT molecular complexity index is 1660. The van der Waals surface area contributed by atoms with Crippen molar-refractivity contribution in [3.05, 3.63) is 150 Å². The molecule has 0 bridgehead atoms. The fourth-order valence-corrected chi connectivity index (χ4v) is 8.46. The van der Waals surface area contributed by atoms with Crippen molar-refractivity contribution in [1.82, 2.24) is 0 Å². The molecule has 4 aromatic carbocycles. The van der Waals surface area contributed by atoms with Gasteiger partial charge in [-0.15, -0.1) is 0 Å². The highest BCUT2D eigenvalue weighted by atomic mass is 31.2. The van der Waals surface area contributed by atoms with Gasteiger partial charge in [0.2, 0.25) is 0 Å². The zero-order chi connectivity index (χ0) is 25.3. The van der Waals surface area contributed by atoms with Crippen molar-refractivity contribution in [2.24, 2.45) is 0 Å². The minimum atomic E-state index is -3.25. The predicted molar refractivity (Wildman–Crippen MR) is 158 cm³/mol. The Morgan fingerprint density at radius 1 is 0.806 bits per heavy atom. The maximum atomic E-state index is 15.6. The van der Waals surface area contributed by atoms with Crippen LogP contribution in [-0.4, -0.2) is 0 Å². The maximum Gasteiger partial charge on any atom is 0.168 e. The maximum absolute atomic E-state index is 15.6. The summed E-state index contributed by atoms with van der Waals surface area (Å²) in [5.41, 5.74) is 6.28. The van der Waals surface area contributed by atoms with E-state index in [9.17, 15) is 0 Å². The Kier molecular flexibility index (Phi) is 6.35. The number of rotatable bonds is 5. The summed E-state index contributed by atoms with van der Waals surface area (Å²) in [4.78, 5) is 0. The fraction of sp³-hybridized carbons (Fsp3) is 0.0588. The van der Waals surface area contributed by atoms with Crippen LogP contribution in [0.5, 0.6) is 0 Å². The molecule has 176 valence electrons. The highest BCUT2D eigenvalue weighted by molar-refractivity contribution is 7.80. The second kappa shape index (κ2) is 9.61. The lowest BCUT2D eigenvalue weighted by molar-refractivity contribution is 0.589. The summed E-state index contributed by atoms with van der Waals surface area (Å²) in [6.07, 6.45) is 9.43. The molecule has 0 amide bonds. The number of hydrogen-bond donors (Lipinski definition) is 0. The third-order valence-electron chi connectivity index (χ3n) is 6.99. The Hall–Kier alpha value is -3.93. The molecule has 0 spiro atoms. The summed E-state index contributed by atoms with van der Waals surface area (Å²) >= 11 is 0. The molecule has 0 aromatic heterocycles. The van der Waals surface area contributed by atoms with E-state index in [4.69, 9.17) is 0 Å². The smallest absolute Gasteiger partial charge is 0.168 e. The van der Waals surface area contributed by atoms with E-state index in [1.807, 2.05) is 68.5 Å². The summed E-state index contributed by atoms with van der Waals surface area (Å²) in [6.45, 7) is 12.0. The lowest BCUT2D eigenvalue weighted by Gasteiger charge is -2.24. The van der Waals surface area contributed by atoms with E-state index in [0.29, 0.717) is 0 Å². The van der Waals surface area contributed by atoms with Gasteiger partial charge in [-0.25, -0.2) is 0 Å². The van der Waals surface area contributed by atoms with Gasteiger partial charge in [-0.1, -0.05) is 128 Å². The molecule has 1 nitrogen and oxygen atoms in total. The number of fused-ring (bicyclic) bond motifs is 5. The van der Waals surface area contributed by atoms with E-state index >= 15 is 4.57 Å².